The first kappa shape index (κ1) is 22.7. The summed E-state index contributed by atoms with van der Waals surface area (Å²) in [4.78, 5) is 16.0. The van der Waals surface area contributed by atoms with Gasteiger partial charge >= 0.3 is 0 Å². The predicted octanol–water partition coefficient (Wildman–Crippen LogP) is 2.81. The second-order valence-electron chi connectivity index (χ2n) is 6.95. The fourth-order valence-electron chi connectivity index (χ4n) is 2.51. The van der Waals surface area contributed by atoms with Crippen molar-refractivity contribution in [3.05, 3.63) is 34.4 Å². The second-order valence-corrected chi connectivity index (χ2v) is 6.95. The number of halogens is 1. The lowest BCUT2D eigenvalue weighted by molar-refractivity contribution is -0.121. The van der Waals surface area contributed by atoms with Crippen molar-refractivity contribution >= 4 is 35.8 Å². The molecule has 1 aromatic rings. The van der Waals surface area contributed by atoms with Gasteiger partial charge in [-0.25, -0.2) is 0 Å². The molecule has 0 spiro atoms. The lowest BCUT2D eigenvalue weighted by Crippen LogP contribution is -2.48. The van der Waals surface area contributed by atoms with Gasteiger partial charge in [0.05, 0.1) is 6.54 Å². The number of nitrogens with one attached hydrogen (secondary N) is 3. The van der Waals surface area contributed by atoms with Crippen molar-refractivity contribution in [2.75, 3.05) is 13.6 Å². The number of aliphatic imine (C=N–C) groups is 1. The van der Waals surface area contributed by atoms with Crippen molar-refractivity contribution in [3.63, 3.8) is 0 Å². The fraction of sp³-hybridized carbons (Fsp3) is 0.556. The first-order chi connectivity index (χ1) is 10.6. The first-order valence-electron chi connectivity index (χ1n) is 7.94. The number of guanidine groups is 1. The van der Waals surface area contributed by atoms with Crippen LogP contribution in [0, 0.1) is 20.8 Å². The minimum Gasteiger partial charge on any atom is -0.352 e. The molecular formula is C18H31IN4O. The maximum atomic E-state index is 11.8. The normalized spacial score (nSPS) is 11.5. The molecule has 1 aromatic carbocycles. The van der Waals surface area contributed by atoms with Gasteiger partial charge in [-0.1, -0.05) is 17.7 Å². The number of rotatable bonds is 4. The van der Waals surface area contributed by atoms with Gasteiger partial charge in [-0.2, -0.15) is 0 Å². The highest BCUT2D eigenvalue weighted by Gasteiger charge is 2.13. The zero-order chi connectivity index (χ0) is 17.6. The summed E-state index contributed by atoms with van der Waals surface area (Å²) in [6.45, 7) is 13.1. The molecule has 1 rings (SSSR count). The molecule has 0 aliphatic heterocycles. The van der Waals surface area contributed by atoms with Crippen LogP contribution < -0.4 is 16.0 Å². The smallest absolute Gasteiger partial charge is 0.239 e. The Balaban J connectivity index is 0.00000529. The molecule has 0 aliphatic rings. The molecule has 0 saturated carbocycles. The summed E-state index contributed by atoms with van der Waals surface area (Å²) in [7, 11) is 1.70. The van der Waals surface area contributed by atoms with Crippen molar-refractivity contribution in [2.45, 2.75) is 53.6 Å². The summed E-state index contributed by atoms with van der Waals surface area (Å²) >= 11 is 0. The van der Waals surface area contributed by atoms with Gasteiger partial charge in [0.25, 0.3) is 0 Å². The van der Waals surface area contributed by atoms with Crippen LogP contribution in [0.3, 0.4) is 0 Å². The summed E-state index contributed by atoms with van der Waals surface area (Å²) < 4.78 is 0. The SMILES string of the molecule is CN=C(NCC(=O)NC(C)(C)C)NCc1c(C)cc(C)cc1C.I. The maximum absolute atomic E-state index is 11.8. The molecule has 0 radical (unpaired) electrons. The monoisotopic (exact) mass is 446 g/mol. The van der Waals surface area contributed by atoms with Gasteiger partial charge < -0.3 is 16.0 Å². The molecular weight excluding hydrogens is 415 g/mol. The quantitative estimate of drug-likeness (QED) is 0.379. The summed E-state index contributed by atoms with van der Waals surface area (Å²) in [5.41, 5.74) is 4.82. The maximum Gasteiger partial charge on any atom is 0.239 e. The van der Waals surface area contributed by atoms with Gasteiger partial charge in [-0.3, -0.25) is 9.79 Å². The molecule has 5 nitrogen and oxygen atoms in total. The van der Waals surface area contributed by atoms with E-state index < -0.39 is 0 Å². The molecule has 0 unspecified atom stereocenters. The van der Waals surface area contributed by atoms with E-state index in [1.54, 1.807) is 7.05 Å². The Morgan fingerprint density at radius 1 is 1.08 bits per heavy atom. The Morgan fingerprint density at radius 3 is 2.08 bits per heavy atom. The van der Waals surface area contributed by atoms with Crippen molar-refractivity contribution < 1.29 is 4.79 Å². The van der Waals surface area contributed by atoms with Crippen LogP contribution in [0.4, 0.5) is 0 Å². The van der Waals surface area contributed by atoms with E-state index in [4.69, 9.17) is 0 Å². The number of carbonyl (C=O) groups is 1. The highest BCUT2D eigenvalue weighted by atomic mass is 127. The number of hydrogen-bond acceptors (Lipinski definition) is 2. The van der Waals surface area contributed by atoms with Crippen molar-refractivity contribution in [3.8, 4) is 0 Å². The van der Waals surface area contributed by atoms with Crippen molar-refractivity contribution in [1.29, 1.82) is 0 Å². The van der Waals surface area contributed by atoms with E-state index in [0.29, 0.717) is 12.5 Å². The summed E-state index contributed by atoms with van der Waals surface area (Å²) in [5, 5.41) is 9.22. The minimum absolute atomic E-state index is 0. The van der Waals surface area contributed by atoms with Gasteiger partial charge in [-0.15, -0.1) is 24.0 Å². The van der Waals surface area contributed by atoms with Gasteiger partial charge in [0.2, 0.25) is 5.91 Å². The third-order valence-electron chi connectivity index (χ3n) is 3.43. The number of amides is 1. The molecule has 0 fully saturated rings. The minimum atomic E-state index is -0.230. The number of aryl methyl sites for hydroxylation is 3. The topological polar surface area (TPSA) is 65.5 Å². The van der Waals surface area contributed by atoms with Gasteiger partial charge in [0.15, 0.2) is 5.96 Å². The van der Waals surface area contributed by atoms with E-state index in [-0.39, 0.29) is 42.0 Å². The van der Waals surface area contributed by atoms with Gasteiger partial charge in [0, 0.05) is 19.1 Å². The fourth-order valence-corrected chi connectivity index (χ4v) is 2.51. The van der Waals surface area contributed by atoms with Crippen LogP contribution in [0.5, 0.6) is 0 Å². The number of benzene rings is 1. The largest absolute Gasteiger partial charge is 0.352 e. The number of carbonyl (C=O) groups excluding carboxylic acids is 1. The average molecular weight is 446 g/mol. The van der Waals surface area contributed by atoms with E-state index in [1.165, 1.54) is 22.3 Å². The molecule has 0 saturated heterocycles. The summed E-state index contributed by atoms with van der Waals surface area (Å²) in [6, 6.07) is 4.36. The zero-order valence-corrected chi connectivity index (χ0v) is 18.2. The van der Waals surface area contributed by atoms with Crippen LogP contribution in [0.2, 0.25) is 0 Å². The Hall–Kier alpha value is -1.31. The van der Waals surface area contributed by atoms with Crippen LogP contribution in [-0.4, -0.2) is 31.0 Å². The Labute approximate surface area is 163 Å². The lowest BCUT2D eigenvalue weighted by atomic mass is 10.00. The molecule has 0 bridgehead atoms. The molecule has 0 atom stereocenters. The Bertz CT molecular complexity index is 568. The highest BCUT2D eigenvalue weighted by molar-refractivity contribution is 14.0. The van der Waals surface area contributed by atoms with E-state index in [1.807, 2.05) is 20.8 Å². The molecule has 136 valence electrons. The summed E-state index contributed by atoms with van der Waals surface area (Å²) in [5.74, 6) is 0.566. The van der Waals surface area contributed by atoms with Crippen LogP contribution in [0.15, 0.2) is 17.1 Å². The third-order valence-corrected chi connectivity index (χ3v) is 3.43. The molecule has 0 aliphatic carbocycles. The Kier molecular flexibility index (Phi) is 9.32. The second kappa shape index (κ2) is 9.86. The predicted molar refractivity (Wildman–Crippen MR) is 112 cm³/mol. The van der Waals surface area contributed by atoms with Crippen molar-refractivity contribution in [1.82, 2.24) is 16.0 Å². The standard InChI is InChI=1S/C18H30N4O.HI/c1-12-8-13(2)15(14(3)9-12)10-20-17(19-7)21-11-16(23)22-18(4,5)6;/h8-9H,10-11H2,1-7H3,(H,22,23)(H2,19,20,21);1H. The molecule has 3 N–H and O–H groups in total. The number of hydrogen-bond donors (Lipinski definition) is 3. The summed E-state index contributed by atoms with van der Waals surface area (Å²) in [6.07, 6.45) is 0. The molecule has 24 heavy (non-hydrogen) atoms. The molecule has 0 aromatic heterocycles. The van der Waals surface area contributed by atoms with Crippen LogP contribution in [0.25, 0.3) is 0 Å². The van der Waals surface area contributed by atoms with Crippen LogP contribution in [-0.2, 0) is 11.3 Å². The van der Waals surface area contributed by atoms with Crippen LogP contribution in [0.1, 0.15) is 43.0 Å². The van der Waals surface area contributed by atoms with E-state index in [2.05, 4.69) is 53.8 Å². The third kappa shape index (κ3) is 7.99. The van der Waals surface area contributed by atoms with E-state index in [0.717, 1.165) is 0 Å². The van der Waals surface area contributed by atoms with Crippen molar-refractivity contribution in [2.24, 2.45) is 4.99 Å². The van der Waals surface area contributed by atoms with E-state index >= 15 is 0 Å². The van der Waals surface area contributed by atoms with Gasteiger partial charge in [0.1, 0.15) is 0 Å². The zero-order valence-electron chi connectivity index (χ0n) is 15.8. The average Bonchev–Trinajstić information content (AvgIpc) is 2.38. The Morgan fingerprint density at radius 2 is 1.62 bits per heavy atom. The molecule has 0 heterocycles. The lowest BCUT2D eigenvalue weighted by Gasteiger charge is -2.21. The highest BCUT2D eigenvalue weighted by Crippen LogP contribution is 2.15. The first-order valence-corrected chi connectivity index (χ1v) is 7.94. The van der Waals surface area contributed by atoms with Gasteiger partial charge in [-0.05, 0) is 58.2 Å². The van der Waals surface area contributed by atoms with E-state index in [9.17, 15) is 4.79 Å². The van der Waals surface area contributed by atoms with Crippen LogP contribution >= 0.6 is 24.0 Å². The molecule has 6 heteroatoms. The molecule has 1 amide bonds. The number of nitrogens with zero attached hydrogens (tertiary/aromatic N) is 1.